The van der Waals surface area contributed by atoms with Crippen molar-refractivity contribution in [2.24, 2.45) is 5.73 Å². The highest BCUT2D eigenvalue weighted by molar-refractivity contribution is 7.10. The Morgan fingerprint density at radius 3 is 2.95 bits per heavy atom. The van der Waals surface area contributed by atoms with E-state index in [1.54, 1.807) is 17.4 Å². The summed E-state index contributed by atoms with van der Waals surface area (Å²) >= 11 is 1.80. The summed E-state index contributed by atoms with van der Waals surface area (Å²) in [6.07, 6.45) is 0.976. The van der Waals surface area contributed by atoms with Crippen molar-refractivity contribution in [2.75, 3.05) is 11.4 Å². The smallest absolute Gasteiger partial charge is 0.146 e. The second kappa shape index (κ2) is 5.19. The predicted molar refractivity (Wildman–Crippen MR) is 82.8 cm³/mol. The first-order chi connectivity index (χ1) is 9.59. The highest BCUT2D eigenvalue weighted by atomic mass is 32.1. The fourth-order valence-electron chi connectivity index (χ4n) is 3.02. The maximum Gasteiger partial charge on any atom is 0.146 e. The summed E-state index contributed by atoms with van der Waals surface area (Å²) < 4.78 is 14.4. The third kappa shape index (κ3) is 2.13. The van der Waals surface area contributed by atoms with Crippen LogP contribution < -0.4 is 10.6 Å². The number of thiophene rings is 1. The SMILES string of the molecule is CC(N)c1cccc(F)c1N1CCc2sccc2C1C. The van der Waals surface area contributed by atoms with Crippen molar-refractivity contribution < 1.29 is 4.39 Å². The van der Waals surface area contributed by atoms with Gasteiger partial charge in [0.05, 0.1) is 11.7 Å². The largest absolute Gasteiger partial charge is 0.362 e. The van der Waals surface area contributed by atoms with E-state index in [-0.39, 0.29) is 17.9 Å². The molecule has 106 valence electrons. The molecule has 2 N–H and O–H groups in total. The summed E-state index contributed by atoms with van der Waals surface area (Å²) in [5.41, 5.74) is 8.90. The minimum atomic E-state index is -0.176. The minimum absolute atomic E-state index is 0.170. The summed E-state index contributed by atoms with van der Waals surface area (Å²) in [4.78, 5) is 3.58. The topological polar surface area (TPSA) is 29.3 Å². The summed E-state index contributed by atoms with van der Waals surface area (Å²) in [6.45, 7) is 4.89. The Labute approximate surface area is 123 Å². The van der Waals surface area contributed by atoms with Gasteiger partial charge >= 0.3 is 0 Å². The molecule has 4 heteroatoms. The molecule has 0 aliphatic carbocycles. The number of rotatable bonds is 2. The van der Waals surface area contributed by atoms with Gasteiger partial charge in [0.2, 0.25) is 0 Å². The Kier molecular flexibility index (Phi) is 3.52. The molecule has 0 fully saturated rings. The lowest BCUT2D eigenvalue weighted by Gasteiger charge is -2.37. The number of para-hydroxylation sites is 1. The fraction of sp³-hybridized carbons (Fsp3) is 0.375. The lowest BCUT2D eigenvalue weighted by atomic mass is 9.97. The van der Waals surface area contributed by atoms with E-state index >= 15 is 0 Å². The standard InChI is InChI=1S/C16H19FN2S/c1-10(18)12-4-3-5-14(17)16(12)19-8-6-15-13(11(19)2)7-9-20-15/h3-5,7,9-11H,6,8,18H2,1-2H3. The van der Waals surface area contributed by atoms with Crippen LogP contribution in [0.25, 0.3) is 0 Å². The lowest BCUT2D eigenvalue weighted by molar-refractivity contribution is 0.575. The van der Waals surface area contributed by atoms with Crippen molar-refractivity contribution in [2.45, 2.75) is 32.4 Å². The van der Waals surface area contributed by atoms with E-state index in [0.29, 0.717) is 5.69 Å². The van der Waals surface area contributed by atoms with Crippen LogP contribution in [-0.4, -0.2) is 6.54 Å². The second-order valence-electron chi connectivity index (χ2n) is 5.38. The zero-order valence-corrected chi connectivity index (χ0v) is 12.6. The number of fused-ring (bicyclic) bond motifs is 1. The maximum absolute atomic E-state index is 14.4. The molecule has 20 heavy (non-hydrogen) atoms. The van der Waals surface area contributed by atoms with Crippen LogP contribution in [0.4, 0.5) is 10.1 Å². The number of halogens is 1. The van der Waals surface area contributed by atoms with Crippen molar-refractivity contribution in [3.8, 4) is 0 Å². The molecule has 1 aromatic carbocycles. The third-order valence-electron chi connectivity index (χ3n) is 4.07. The normalized spacial score (nSPS) is 19.8. The van der Waals surface area contributed by atoms with Gasteiger partial charge < -0.3 is 10.6 Å². The number of benzene rings is 1. The molecule has 1 aromatic heterocycles. The van der Waals surface area contributed by atoms with Gasteiger partial charge in [0, 0.05) is 17.5 Å². The van der Waals surface area contributed by atoms with Crippen LogP contribution in [0.15, 0.2) is 29.6 Å². The number of nitrogens with zero attached hydrogens (tertiary/aromatic N) is 1. The van der Waals surface area contributed by atoms with Crippen molar-refractivity contribution in [3.63, 3.8) is 0 Å². The Bertz CT molecular complexity index is 621. The third-order valence-corrected chi connectivity index (χ3v) is 5.07. The molecule has 0 amide bonds. The van der Waals surface area contributed by atoms with Crippen LogP contribution in [-0.2, 0) is 6.42 Å². The Hall–Kier alpha value is -1.39. The Balaban J connectivity index is 2.07. The second-order valence-corrected chi connectivity index (χ2v) is 6.39. The molecule has 2 nitrogen and oxygen atoms in total. The Morgan fingerprint density at radius 1 is 1.40 bits per heavy atom. The van der Waals surface area contributed by atoms with E-state index in [1.165, 1.54) is 16.5 Å². The first-order valence-corrected chi connectivity index (χ1v) is 7.84. The molecule has 3 rings (SSSR count). The first-order valence-electron chi connectivity index (χ1n) is 6.96. The van der Waals surface area contributed by atoms with Gasteiger partial charge in [-0.05, 0) is 48.9 Å². The fourth-order valence-corrected chi connectivity index (χ4v) is 3.98. The first kappa shape index (κ1) is 13.6. The van der Waals surface area contributed by atoms with E-state index in [2.05, 4.69) is 23.3 Å². The van der Waals surface area contributed by atoms with Crippen molar-refractivity contribution in [3.05, 3.63) is 51.5 Å². The molecule has 0 saturated heterocycles. The van der Waals surface area contributed by atoms with E-state index in [4.69, 9.17) is 5.73 Å². The quantitative estimate of drug-likeness (QED) is 0.904. The van der Waals surface area contributed by atoms with Gasteiger partial charge in [-0.3, -0.25) is 0 Å². The molecule has 2 heterocycles. The van der Waals surface area contributed by atoms with E-state index < -0.39 is 0 Å². The van der Waals surface area contributed by atoms with Gasteiger partial charge in [-0.25, -0.2) is 4.39 Å². The summed E-state index contributed by atoms with van der Waals surface area (Å²) in [7, 11) is 0. The van der Waals surface area contributed by atoms with Crippen LogP contribution >= 0.6 is 11.3 Å². The average molecular weight is 290 g/mol. The molecule has 0 spiro atoms. The van der Waals surface area contributed by atoms with Gasteiger partial charge in [-0.1, -0.05) is 12.1 Å². The average Bonchev–Trinajstić information content (AvgIpc) is 2.89. The van der Waals surface area contributed by atoms with Crippen LogP contribution in [0, 0.1) is 5.82 Å². The van der Waals surface area contributed by atoms with Crippen molar-refractivity contribution >= 4 is 17.0 Å². The van der Waals surface area contributed by atoms with Crippen molar-refractivity contribution in [1.29, 1.82) is 0 Å². The van der Waals surface area contributed by atoms with E-state index in [9.17, 15) is 4.39 Å². The molecular weight excluding hydrogens is 271 g/mol. The number of hydrogen-bond donors (Lipinski definition) is 1. The monoisotopic (exact) mass is 290 g/mol. The van der Waals surface area contributed by atoms with Crippen LogP contribution in [0.2, 0.25) is 0 Å². The summed E-state index contributed by atoms with van der Waals surface area (Å²) in [5.74, 6) is -0.176. The lowest BCUT2D eigenvalue weighted by Crippen LogP contribution is -2.35. The molecule has 2 atom stereocenters. The van der Waals surface area contributed by atoms with E-state index in [1.807, 2.05) is 13.0 Å². The number of hydrogen-bond acceptors (Lipinski definition) is 3. The zero-order chi connectivity index (χ0) is 14.3. The number of nitrogens with two attached hydrogens (primary N) is 1. The van der Waals surface area contributed by atoms with Gasteiger partial charge in [0.15, 0.2) is 0 Å². The molecular formula is C16H19FN2S. The zero-order valence-electron chi connectivity index (χ0n) is 11.8. The highest BCUT2D eigenvalue weighted by Crippen LogP contribution is 2.39. The number of anilines is 1. The predicted octanol–water partition coefficient (Wildman–Crippen LogP) is 4.03. The highest BCUT2D eigenvalue weighted by Gasteiger charge is 2.28. The molecule has 1 aliphatic heterocycles. The van der Waals surface area contributed by atoms with Crippen LogP contribution in [0.3, 0.4) is 0 Å². The molecule has 2 unspecified atom stereocenters. The van der Waals surface area contributed by atoms with Gasteiger partial charge in [-0.2, -0.15) is 0 Å². The minimum Gasteiger partial charge on any atom is -0.362 e. The van der Waals surface area contributed by atoms with Crippen LogP contribution in [0.5, 0.6) is 0 Å². The summed E-state index contributed by atoms with van der Waals surface area (Å²) in [5, 5.41) is 2.12. The molecule has 0 radical (unpaired) electrons. The molecule has 0 bridgehead atoms. The van der Waals surface area contributed by atoms with E-state index in [0.717, 1.165) is 18.5 Å². The Morgan fingerprint density at radius 2 is 2.20 bits per heavy atom. The van der Waals surface area contributed by atoms with Gasteiger partial charge in [0.25, 0.3) is 0 Å². The molecule has 1 aliphatic rings. The van der Waals surface area contributed by atoms with Gasteiger partial charge in [-0.15, -0.1) is 11.3 Å². The van der Waals surface area contributed by atoms with Crippen LogP contribution in [0.1, 0.15) is 41.9 Å². The molecule has 0 saturated carbocycles. The van der Waals surface area contributed by atoms with Crippen molar-refractivity contribution in [1.82, 2.24) is 0 Å². The summed E-state index contributed by atoms with van der Waals surface area (Å²) in [6, 6.07) is 7.37. The maximum atomic E-state index is 14.4. The molecule has 2 aromatic rings. The van der Waals surface area contributed by atoms with Gasteiger partial charge in [0.1, 0.15) is 5.82 Å².